The van der Waals surface area contributed by atoms with Crippen molar-refractivity contribution in [3.8, 4) is 0 Å². The van der Waals surface area contributed by atoms with Crippen molar-refractivity contribution >= 4 is 11.4 Å². The first kappa shape index (κ1) is 13.4. The molecule has 19 heavy (non-hydrogen) atoms. The molecule has 0 fully saturated rings. The van der Waals surface area contributed by atoms with Crippen LogP contribution in [-0.4, -0.2) is 12.0 Å². The molecular formula is C14H10F3N2. The smallest absolute Gasteiger partial charge is 0.344 e. The summed E-state index contributed by atoms with van der Waals surface area (Å²) in [6.45, 7) is 7.41. The van der Waals surface area contributed by atoms with Crippen molar-refractivity contribution < 1.29 is 13.2 Å². The molecule has 0 bridgehead atoms. The summed E-state index contributed by atoms with van der Waals surface area (Å²) < 4.78 is 38.8. The number of hydrogen-bond donors (Lipinski definition) is 0. The van der Waals surface area contributed by atoms with Crippen molar-refractivity contribution in [2.45, 2.75) is 6.18 Å². The third-order valence-corrected chi connectivity index (χ3v) is 2.70. The Bertz CT molecular complexity index is 579. The molecule has 0 amide bonds. The van der Waals surface area contributed by atoms with Crippen LogP contribution in [0.1, 0.15) is 11.3 Å². The first-order valence-electron chi connectivity index (χ1n) is 5.47. The van der Waals surface area contributed by atoms with Gasteiger partial charge >= 0.3 is 6.18 Å². The van der Waals surface area contributed by atoms with Crippen molar-refractivity contribution in [2.24, 2.45) is 0 Å². The zero-order valence-corrected chi connectivity index (χ0v) is 10.1. The Balaban J connectivity index is 2.48. The lowest BCUT2D eigenvalue weighted by atomic mass is 10.1. The van der Waals surface area contributed by atoms with Crippen molar-refractivity contribution in [2.75, 3.05) is 11.9 Å². The number of anilines is 2. The van der Waals surface area contributed by atoms with E-state index in [0.29, 0.717) is 5.69 Å². The number of pyridine rings is 1. The molecule has 2 nitrogen and oxygen atoms in total. The second kappa shape index (κ2) is 4.91. The molecule has 0 atom stereocenters. The molecule has 0 N–H and O–H groups in total. The van der Waals surface area contributed by atoms with E-state index in [1.54, 1.807) is 12.1 Å². The minimum atomic E-state index is -4.42. The van der Waals surface area contributed by atoms with Gasteiger partial charge in [-0.3, -0.25) is 4.98 Å². The van der Waals surface area contributed by atoms with E-state index in [1.807, 2.05) is 0 Å². The number of benzene rings is 1. The monoisotopic (exact) mass is 263 g/mol. The van der Waals surface area contributed by atoms with Gasteiger partial charge in [0.2, 0.25) is 0 Å². The molecule has 0 aliphatic heterocycles. The number of hydrogen-bond acceptors (Lipinski definition) is 2. The number of aromatic nitrogens is 1. The maximum absolute atomic E-state index is 12.9. The van der Waals surface area contributed by atoms with Gasteiger partial charge < -0.3 is 4.90 Å². The molecule has 0 unspecified atom stereocenters. The van der Waals surface area contributed by atoms with Gasteiger partial charge in [0.1, 0.15) is 0 Å². The summed E-state index contributed by atoms with van der Waals surface area (Å²) in [6, 6.07) is 8.30. The second-order valence-electron chi connectivity index (χ2n) is 3.97. The van der Waals surface area contributed by atoms with Gasteiger partial charge in [-0.15, -0.1) is 0 Å². The van der Waals surface area contributed by atoms with Crippen LogP contribution in [0, 0.1) is 6.92 Å². The molecule has 0 aliphatic rings. The van der Waals surface area contributed by atoms with E-state index < -0.39 is 11.7 Å². The zero-order chi connectivity index (χ0) is 14.0. The Morgan fingerprint density at radius 1 is 1.16 bits per heavy atom. The van der Waals surface area contributed by atoms with E-state index in [1.165, 1.54) is 36.3 Å². The SMILES string of the molecule is [C]c1cc(N(C)c2ccccc2C(F)(F)F)ccn1. The normalized spacial score (nSPS) is 11.4. The average Bonchev–Trinajstić information content (AvgIpc) is 2.37. The van der Waals surface area contributed by atoms with E-state index in [0.717, 1.165) is 6.07 Å². The zero-order valence-electron chi connectivity index (χ0n) is 10.1. The quantitative estimate of drug-likeness (QED) is 0.819. The number of halogens is 3. The van der Waals surface area contributed by atoms with Crippen LogP contribution in [0.25, 0.3) is 0 Å². The fourth-order valence-corrected chi connectivity index (χ4v) is 1.77. The predicted molar refractivity (Wildman–Crippen MR) is 66.1 cm³/mol. The van der Waals surface area contributed by atoms with E-state index >= 15 is 0 Å². The van der Waals surface area contributed by atoms with Crippen LogP contribution < -0.4 is 4.90 Å². The van der Waals surface area contributed by atoms with Crippen molar-refractivity contribution in [3.05, 3.63) is 60.8 Å². The van der Waals surface area contributed by atoms with Crippen LogP contribution in [0.2, 0.25) is 0 Å². The number of para-hydroxylation sites is 1. The lowest BCUT2D eigenvalue weighted by molar-refractivity contribution is -0.137. The molecule has 0 spiro atoms. The van der Waals surface area contributed by atoms with Crippen LogP contribution in [0.5, 0.6) is 0 Å². The summed E-state index contributed by atoms with van der Waals surface area (Å²) >= 11 is 0. The molecule has 97 valence electrons. The summed E-state index contributed by atoms with van der Waals surface area (Å²) in [5.74, 6) is 0. The first-order valence-corrected chi connectivity index (χ1v) is 5.47. The van der Waals surface area contributed by atoms with E-state index in [9.17, 15) is 13.2 Å². The topological polar surface area (TPSA) is 16.1 Å². The third-order valence-electron chi connectivity index (χ3n) is 2.70. The molecule has 2 aromatic rings. The Hall–Kier alpha value is -2.04. The van der Waals surface area contributed by atoms with Gasteiger partial charge in [0.05, 0.1) is 23.9 Å². The number of alkyl halides is 3. The highest BCUT2D eigenvalue weighted by molar-refractivity contribution is 5.66. The van der Waals surface area contributed by atoms with Gasteiger partial charge in [-0.1, -0.05) is 12.1 Å². The second-order valence-corrected chi connectivity index (χ2v) is 3.97. The van der Waals surface area contributed by atoms with Gasteiger partial charge in [-0.05, 0) is 24.3 Å². The van der Waals surface area contributed by atoms with Crippen LogP contribution in [0.4, 0.5) is 24.5 Å². The highest BCUT2D eigenvalue weighted by Crippen LogP contribution is 2.38. The Kier molecular flexibility index (Phi) is 3.46. The molecular weight excluding hydrogens is 253 g/mol. The Morgan fingerprint density at radius 3 is 2.47 bits per heavy atom. The van der Waals surface area contributed by atoms with Crippen LogP contribution >= 0.6 is 0 Å². The molecule has 5 heteroatoms. The molecule has 1 aromatic carbocycles. The van der Waals surface area contributed by atoms with Crippen LogP contribution in [0.15, 0.2) is 42.6 Å². The summed E-state index contributed by atoms with van der Waals surface area (Å²) in [7, 11) is 1.53. The summed E-state index contributed by atoms with van der Waals surface area (Å²) in [5.41, 5.74) is -0.174. The molecule has 0 saturated carbocycles. The lowest BCUT2D eigenvalue weighted by Gasteiger charge is -2.23. The molecule has 1 heterocycles. The molecule has 0 saturated heterocycles. The minimum absolute atomic E-state index is 0.00818. The summed E-state index contributed by atoms with van der Waals surface area (Å²) in [6.07, 6.45) is -3.02. The highest BCUT2D eigenvalue weighted by Gasteiger charge is 2.34. The minimum Gasteiger partial charge on any atom is -0.344 e. The van der Waals surface area contributed by atoms with Gasteiger partial charge in [-0.2, -0.15) is 13.2 Å². The number of rotatable bonds is 2. The molecule has 3 radical (unpaired) electrons. The molecule has 0 aliphatic carbocycles. The third kappa shape index (κ3) is 2.86. The van der Waals surface area contributed by atoms with Gasteiger partial charge in [-0.25, -0.2) is 0 Å². The van der Waals surface area contributed by atoms with Gasteiger partial charge in [0, 0.05) is 18.9 Å². The van der Waals surface area contributed by atoms with Crippen LogP contribution in [0.3, 0.4) is 0 Å². The maximum atomic E-state index is 12.9. The summed E-state index contributed by atoms with van der Waals surface area (Å²) in [4.78, 5) is 5.10. The van der Waals surface area contributed by atoms with Gasteiger partial charge in [0.25, 0.3) is 0 Å². The standard InChI is InChI=1S/C14H10F3N2/c1-10-9-11(7-8-18-10)19(2)13-6-4-3-5-12(13)14(15,16)17/h3-9H,2H3. The summed E-state index contributed by atoms with van der Waals surface area (Å²) in [5, 5.41) is 0. The van der Waals surface area contributed by atoms with Gasteiger partial charge in [0.15, 0.2) is 0 Å². The maximum Gasteiger partial charge on any atom is 0.418 e. The molecule has 2 rings (SSSR count). The largest absolute Gasteiger partial charge is 0.418 e. The van der Waals surface area contributed by atoms with E-state index in [2.05, 4.69) is 4.98 Å². The lowest BCUT2D eigenvalue weighted by Crippen LogP contribution is -2.16. The van der Waals surface area contributed by atoms with Crippen LogP contribution in [-0.2, 0) is 6.18 Å². The Labute approximate surface area is 109 Å². The fraction of sp³-hybridized carbons (Fsp3) is 0.143. The highest BCUT2D eigenvalue weighted by atomic mass is 19.4. The van der Waals surface area contributed by atoms with Crippen molar-refractivity contribution in [1.82, 2.24) is 4.98 Å². The van der Waals surface area contributed by atoms with E-state index in [4.69, 9.17) is 6.92 Å². The number of nitrogens with zero attached hydrogens (tertiary/aromatic N) is 2. The fourth-order valence-electron chi connectivity index (χ4n) is 1.77. The molecule has 1 aromatic heterocycles. The van der Waals surface area contributed by atoms with Crippen molar-refractivity contribution in [1.29, 1.82) is 0 Å². The predicted octanol–water partition coefficient (Wildman–Crippen LogP) is 3.80. The average molecular weight is 263 g/mol. The van der Waals surface area contributed by atoms with Crippen molar-refractivity contribution in [3.63, 3.8) is 0 Å². The van der Waals surface area contributed by atoms with E-state index in [-0.39, 0.29) is 11.4 Å². The Morgan fingerprint density at radius 2 is 1.84 bits per heavy atom. The first-order chi connectivity index (χ1) is 8.89.